The normalized spacial score (nSPS) is 9.90. The molecule has 0 fully saturated rings. The largest absolute Gasteiger partial charge is 0.306 e. The first kappa shape index (κ1) is 14.1. The molecule has 2 rings (SSSR count). The highest BCUT2D eigenvalue weighted by atomic mass is 16.6. The molecule has 9 nitrogen and oxygen atoms in total. The lowest BCUT2D eigenvalue weighted by Crippen LogP contribution is -2.14. The minimum atomic E-state index is -0.719. The van der Waals surface area contributed by atoms with Crippen molar-refractivity contribution in [3.05, 3.63) is 68.4 Å². The van der Waals surface area contributed by atoms with E-state index in [0.29, 0.717) is 0 Å². The summed E-state index contributed by atoms with van der Waals surface area (Å²) in [5.74, 6) is -0.660. The molecule has 0 bridgehead atoms. The molecule has 0 aliphatic heterocycles. The fourth-order valence-corrected chi connectivity index (χ4v) is 1.58. The summed E-state index contributed by atoms with van der Waals surface area (Å²) in [7, 11) is 0. The predicted molar refractivity (Wildman–Crippen MR) is 71.9 cm³/mol. The van der Waals surface area contributed by atoms with Crippen LogP contribution in [0, 0.1) is 20.2 Å². The van der Waals surface area contributed by atoms with Crippen molar-refractivity contribution < 1.29 is 14.6 Å². The average Bonchev–Trinajstić information content (AvgIpc) is 2.47. The van der Waals surface area contributed by atoms with Crippen LogP contribution in [0.4, 0.5) is 17.2 Å². The maximum absolute atomic E-state index is 12.0. The number of benzene rings is 1. The molecule has 1 aromatic heterocycles. The number of carbonyl (C=O) groups excluding carboxylic acids is 1. The summed E-state index contributed by atoms with van der Waals surface area (Å²) in [5.41, 5.74) is -0.682. The van der Waals surface area contributed by atoms with E-state index in [-0.39, 0.29) is 22.8 Å². The summed E-state index contributed by atoms with van der Waals surface area (Å²) in [6, 6.07) is 7.86. The van der Waals surface area contributed by atoms with Crippen LogP contribution in [0.25, 0.3) is 0 Å². The van der Waals surface area contributed by atoms with E-state index in [1.54, 1.807) is 0 Å². The first-order valence-corrected chi connectivity index (χ1v) is 5.64. The molecule has 1 amide bonds. The van der Waals surface area contributed by atoms with Gasteiger partial charge in [0, 0.05) is 12.1 Å². The van der Waals surface area contributed by atoms with Crippen molar-refractivity contribution in [2.24, 2.45) is 0 Å². The Balaban J connectivity index is 2.22. The van der Waals surface area contributed by atoms with E-state index in [2.05, 4.69) is 10.3 Å². The molecule has 0 saturated carbocycles. The second-order valence-electron chi connectivity index (χ2n) is 3.89. The number of nitro groups is 2. The van der Waals surface area contributed by atoms with Gasteiger partial charge in [-0.2, -0.15) is 0 Å². The van der Waals surface area contributed by atoms with Gasteiger partial charge in [-0.3, -0.25) is 25.0 Å². The SMILES string of the molecule is O=C(Nc1ccc([N+](=O)[O-])cn1)c1ccccc1[N+](=O)[O-]. The molecule has 1 N–H and O–H groups in total. The van der Waals surface area contributed by atoms with Crippen LogP contribution in [0.1, 0.15) is 10.4 Å². The van der Waals surface area contributed by atoms with Crippen molar-refractivity contribution >= 4 is 23.1 Å². The lowest BCUT2D eigenvalue weighted by atomic mass is 10.1. The quantitative estimate of drug-likeness (QED) is 0.677. The Hall–Kier alpha value is -3.36. The van der Waals surface area contributed by atoms with Crippen LogP contribution in [0.2, 0.25) is 0 Å². The van der Waals surface area contributed by atoms with E-state index in [0.717, 1.165) is 6.20 Å². The van der Waals surface area contributed by atoms with Crippen LogP contribution in [0.3, 0.4) is 0 Å². The van der Waals surface area contributed by atoms with E-state index in [1.807, 2.05) is 0 Å². The summed E-state index contributed by atoms with van der Waals surface area (Å²) in [5, 5.41) is 23.7. The molecule has 1 aromatic carbocycles. The van der Waals surface area contributed by atoms with Gasteiger partial charge in [-0.1, -0.05) is 12.1 Å². The molecule has 0 unspecified atom stereocenters. The summed E-state index contributed by atoms with van der Waals surface area (Å²) >= 11 is 0. The molecule has 9 heteroatoms. The van der Waals surface area contributed by atoms with Gasteiger partial charge in [0.2, 0.25) is 0 Å². The number of carbonyl (C=O) groups is 1. The van der Waals surface area contributed by atoms with Gasteiger partial charge >= 0.3 is 0 Å². The Bertz CT molecular complexity index is 714. The molecule has 1 heterocycles. The number of hydrogen-bond acceptors (Lipinski definition) is 6. The minimum absolute atomic E-state index is 0.0590. The number of amides is 1. The van der Waals surface area contributed by atoms with E-state index in [1.165, 1.54) is 36.4 Å². The minimum Gasteiger partial charge on any atom is -0.306 e. The van der Waals surface area contributed by atoms with Gasteiger partial charge in [0.25, 0.3) is 17.3 Å². The third kappa shape index (κ3) is 3.15. The number of nitrogens with one attached hydrogen (secondary N) is 1. The summed E-state index contributed by atoms with van der Waals surface area (Å²) < 4.78 is 0. The van der Waals surface area contributed by atoms with E-state index in [4.69, 9.17) is 0 Å². The molecule has 2 aromatic rings. The average molecular weight is 288 g/mol. The van der Waals surface area contributed by atoms with Crippen molar-refractivity contribution in [3.8, 4) is 0 Å². The number of hydrogen-bond donors (Lipinski definition) is 1. The Morgan fingerprint density at radius 2 is 1.76 bits per heavy atom. The third-order valence-electron chi connectivity index (χ3n) is 2.55. The van der Waals surface area contributed by atoms with Crippen LogP contribution >= 0.6 is 0 Å². The lowest BCUT2D eigenvalue weighted by Gasteiger charge is -2.04. The van der Waals surface area contributed by atoms with Gasteiger partial charge in [0.1, 0.15) is 17.6 Å². The molecule has 0 aliphatic carbocycles. The fraction of sp³-hybridized carbons (Fsp3) is 0. The lowest BCUT2D eigenvalue weighted by molar-refractivity contribution is -0.385. The first-order chi connectivity index (χ1) is 9.99. The maximum atomic E-state index is 12.0. The van der Waals surface area contributed by atoms with Gasteiger partial charge in [-0.15, -0.1) is 0 Å². The van der Waals surface area contributed by atoms with E-state index < -0.39 is 15.8 Å². The van der Waals surface area contributed by atoms with Crippen molar-refractivity contribution in [2.45, 2.75) is 0 Å². The molecule has 0 radical (unpaired) electrons. The maximum Gasteiger partial charge on any atom is 0.287 e. The van der Waals surface area contributed by atoms with Crippen LogP contribution < -0.4 is 5.32 Å². The van der Waals surface area contributed by atoms with Gasteiger partial charge < -0.3 is 5.32 Å². The monoisotopic (exact) mass is 288 g/mol. The number of anilines is 1. The van der Waals surface area contributed by atoms with Gasteiger partial charge in [0.15, 0.2) is 0 Å². The Labute approximate surface area is 117 Å². The summed E-state index contributed by atoms with van der Waals surface area (Å²) in [6.45, 7) is 0. The Kier molecular flexibility index (Phi) is 3.84. The molecule has 0 spiro atoms. The van der Waals surface area contributed by atoms with Crippen LogP contribution in [0.5, 0.6) is 0 Å². The Morgan fingerprint density at radius 3 is 2.33 bits per heavy atom. The standard InChI is InChI=1S/C12H8N4O5/c17-12(9-3-1-2-4-10(9)16(20)21)14-11-6-5-8(7-13-11)15(18)19/h1-7H,(H,13,14,17). The smallest absolute Gasteiger partial charge is 0.287 e. The number of rotatable bonds is 4. The zero-order chi connectivity index (χ0) is 15.4. The van der Waals surface area contributed by atoms with Crippen LogP contribution in [-0.2, 0) is 0 Å². The fourth-order valence-electron chi connectivity index (χ4n) is 1.58. The van der Waals surface area contributed by atoms with Gasteiger partial charge in [-0.25, -0.2) is 4.98 Å². The Morgan fingerprint density at radius 1 is 1.05 bits per heavy atom. The highest BCUT2D eigenvalue weighted by Gasteiger charge is 2.19. The number of nitro benzene ring substituents is 1. The first-order valence-electron chi connectivity index (χ1n) is 5.64. The van der Waals surface area contributed by atoms with Gasteiger partial charge in [0.05, 0.1) is 9.85 Å². The molecular formula is C12H8N4O5. The van der Waals surface area contributed by atoms with Crippen molar-refractivity contribution in [2.75, 3.05) is 5.32 Å². The number of para-hydroxylation sites is 1. The summed E-state index contributed by atoms with van der Waals surface area (Å²) in [6.07, 6.45) is 0.981. The third-order valence-corrected chi connectivity index (χ3v) is 2.55. The zero-order valence-electron chi connectivity index (χ0n) is 10.4. The molecule has 21 heavy (non-hydrogen) atoms. The highest BCUT2D eigenvalue weighted by Crippen LogP contribution is 2.19. The van der Waals surface area contributed by atoms with Crippen molar-refractivity contribution in [3.63, 3.8) is 0 Å². The number of nitrogens with zero attached hydrogens (tertiary/aromatic N) is 3. The number of pyridine rings is 1. The topological polar surface area (TPSA) is 128 Å². The van der Waals surface area contributed by atoms with Crippen LogP contribution in [-0.4, -0.2) is 20.7 Å². The van der Waals surface area contributed by atoms with Gasteiger partial charge in [-0.05, 0) is 12.1 Å². The molecule has 0 aliphatic rings. The van der Waals surface area contributed by atoms with Crippen molar-refractivity contribution in [1.82, 2.24) is 4.98 Å². The molecule has 106 valence electrons. The molecule has 0 atom stereocenters. The second kappa shape index (κ2) is 5.74. The van der Waals surface area contributed by atoms with E-state index in [9.17, 15) is 25.0 Å². The second-order valence-corrected chi connectivity index (χ2v) is 3.89. The van der Waals surface area contributed by atoms with Crippen molar-refractivity contribution in [1.29, 1.82) is 0 Å². The highest BCUT2D eigenvalue weighted by molar-refractivity contribution is 6.06. The van der Waals surface area contributed by atoms with E-state index >= 15 is 0 Å². The molecular weight excluding hydrogens is 280 g/mol. The zero-order valence-corrected chi connectivity index (χ0v) is 10.4. The number of aromatic nitrogens is 1. The summed E-state index contributed by atoms with van der Waals surface area (Å²) in [4.78, 5) is 35.7. The molecule has 0 saturated heterocycles. The predicted octanol–water partition coefficient (Wildman–Crippen LogP) is 2.15. The van der Waals surface area contributed by atoms with Crippen LogP contribution in [0.15, 0.2) is 42.6 Å².